The van der Waals surface area contributed by atoms with E-state index >= 15 is 0 Å². The molecule has 0 aliphatic carbocycles. The molecule has 0 saturated carbocycles. The Kier molecular flexibility index (Phi) is 3.49. The Balaban J connectivity index is 1.87. The molecule has 1 nitrogen and oxygen atoms in total. The molecule has 0 amide bonds. The van der Waals surface area contributed by atoms with Crippen LogP contribution >= 0.6 is 22.9 Å². The SMILES string of the molecule is Fc1ccc2cc(C(Cl)Cc3ccncc3)sc2c1. The van der Waals surface area contributed by atoms with Crippen LogP contribution in [0, 0.1) is 5.82 Å². The molecule has 2 aromatic heterocycles. The summed E-state index contributed by atoms with van der Waals surface area (Å²) in [5.41, 5.74) is 1.15. The van der Waals surface area contributed by atoms with E-state index in [1.807, 2.05) is 18.2 Å². The van der Waals surface area contributed by atoms with Crippen LogP contribution < -0.4 is 0 Å². The van der Waals surface area contributed by atoms with Gasteiger partial charge in [-0.25, -0.2) is 4.39 Å². The van der Waals surface area contributed by atoms with Gasteiger partial charge in [-0.2, -0.15) is 0 Å². The summed E-state index contributed by atoms with van der Waals surface area (Å²) in [6.45, 7) is 0. The van der Waals surface area contributed by atoms with Gasteiger partial charge < -0.3 is 0 Å². The standard InChI is InChI=1S/C15H11ClFNS/c16-13(7-10-3-5-18-6-4-10)15-8-11-1-2-12(17)9-14(11)19-15/h1-6,8-9,13H,7H2. The number of hydrogen-bond acceptors (Lipinski definition) is 2. The number of benzene rings is 1. The van der Waals surface area contributed by atoms with E-state index in [-0.39, 0.29) is 11.2 Å². The number of hydrogen-bond donors (Lipinski definition) is 0. The Morgan fingerprint density at radius 2 is 1.95 bits per heavy atom. The maximum atomic E-state index is 13.2. The smallest absolute Gasteiger partial charge is 0.124 e. The highest BCUT2D eigenvalue weighted by molar-refractivity contribution is 7.19. The summed E-state index contributed by atoms with van der Waals surface area (Å²) in [6, 6.07) is 10.8. The van der Waals surface area contributed by atoms with Gasteiger partial charge in [-0.1, -0.05) is 6.07 Å². The lowest BCUT2D eigenvalue weighted by molar-refractivity contribution is 0.630. The zero-order valence-electron chi connectivity index (χ0n) is 10.0. The quantitative estimate of drug-likeness (QED) is 0.622. The predicted octanol–water partition coefficient (Wildman–Crippen LogP) is 4.96. The van der Waals surface area contributed by atoms with Gasteiger partial charge in [0.1, 0.15) is 5.82 Å². The maximum absolute atomic E-state index is 13.2. The van der Waals surface area contributed by atoms with Gasteiger partial charge in [0.05, 0.1) is 5.38 Å². The lowest BCUT2D eigenvalue weighted by Crippen LogP contribution is -1.93. The third-order valence-corrected chi connectivity index (χ3v) is 4.70. The molecule has 0 bridgehead atoms. The molecule has 3 rings (SSSR count). The van der Waals surface area contributed by atoms with Crippen LogP contribution in [0.3, 0.4) is 0 Å². The van der Waals surface area contributed by atoms with Crippen LogP contribution in [0.1, 0.15) is 15.8 Å². The van der Waals surface area contributed by atoms with Crippen LogP contribution in [0.15, 0.2) is 48.8 Å². The van der Waals surface area contributed by atoms with Gasteiger partial charge in [-0.05, 0) is 47.7 Å². The number of rotatable bonds is 3. The Morgan fingerprint density at radius 3 is 2.74 bits per heavy atom. The summed E-state index contributed by atoms with van der Waals surface area (Å²) in [5.74, 6) is -0.207. The second kappa shape index (κ2) is 5.27. The normalized spacial score (nSPS) is 12.7. The van der Waals surface area contributed by atoms with Crippen LogP contribution in [0.5, 0.6) is 0 Å². The number of aromatic nitrogens is 1. The van der Waals surface area contributed by atoms with Crippen molar-refractivity contribution in [3.05, 3.63) is 65.0 Å². The van der Waals surface area contributed by atoms with E-state index in [9.17, 15) is 4.39 Å². The van der Waals surface area contributed by atoms with Crippen LogP contribution in [0.2, 0.25) is 0 Å². The third kappa shape index (κ3) is 2.77. The minimum absolute atomic E-state index is 0.0946. The van der Waals surface area contributed by atoms with E-state index < -0.39 is 0 Å². The zero-order valence-corrected chi connectivity index (χ0v) is 11.6. The molecule has 0 fully saturated rings. The Morgan fingerprint density at radius 1 is 1.16 bits per heavy atom. The van der Waals surface area contributed by atoms with E-state index in [0.29, 0.717) is 0 Å². The van der Waals surface area contributed by atoms with Gasteiger partial charge in [-0.15, -0.1) is 22.9 Å². The second-order valence-electron chi connectivity index (χ2n) is 4.36. The number of fused-ring (bicyclic) bond motifs is 1. The largest absolute Gasteiger partial charge is 0.265 e. The molecule has 0 radical (unpaired) electrons. The van der Waals surface area contributed by atoms with E-state index in [0.717, 1.165) is 26.9 Å². The highest BCUT2D eigenvalue weighted by Gasteiger charge is 2.12. The van der Waals surface area contributed by atoms with E-state index in [4.69, 9.17) is 11.6 Å². The highest BCUT2D eigenvalue weighted by Crippen LogP contribution is 2.35. The minimum Gasteiger partial charge on any atom is -0.265 e. The molecule has 3 aromatic rings. The highest BCUT2D eigenvalue weighted by atomic mass is 35.5. The Hall–Kier alpha value is -1.45. The summed E-state index contributed by atoms with van der Waals surface area (Å²) in [7, 11) is 0. The van der Waals surface area contributed by atoms with Crippen molar-refractivity contribution < 1.29 is 4.39 Å². The van der Waals surface area contributed by atoms with Gasteiger partial charge in [0.25, 0.3) is 0 Å². The van der Waals surface area contributed by atoms with Crippen molar-refractivity contribution in [1.82, 2.24) is 4.98 Å². The van der Waals surface area contributed by atoms with Crippen LogP contribution in [-0.2, 0) is 6.42 Å². The summed E-state index contributed by atoms with van der Waals surface area (Å²) in [5, 5.41) is 0.949. The van der Waals surface area contributed by atoms with Gasteiger partial charge in [0, 0.05) is 22.0 Å². The molecule has 4 heteroatoms. The summed E-state index contributed by atoms with van der Waals surface area (Å²) >= 11 is 8.00. The van der Waals surface area contributed by atoms with Crippen LogP contribution in [0.4, 0.5) is 4.39 Å². The molecular formula is C15H11ClFNS. The van der Waals surface area contributed by atoms with E-state index in [1.54, 1.807) is 35.9 Å². The van der Waals surface area contributed by atoms with Crippen molar-refractivity contribution >= 4 is 33.0 Å². The van der Waals surface area contributed by atoms with Gasteiger partial charge >= 0.3 is 0 Å². The van der Waals surface area contributed by atoms with E-state index in [1.165, 1.54) is 6.07 Å². The van der Waals surface area contributed by atoms with Crippen molar-refractivity contribution in [2.24, 2.45) is 0 Å². The monoisotopic (exact) mass is 291 g/mol. The molecule has 1 atom stereocenters. The molecule has 0 saturated heterocycles. The average Bonchev–Trinajstić information content (AvgIpc) is 2.83. The summed E-state index contributed by atoms with van der Waals surface area (Å²) in [6.07, 6.45) is 4.28. The molecule has 0 aliphatic rings. The molecule has 0 aliphatic heterocycles. The van der Waals surface area contributed by atoms with Crippen molar-refractivity contribution in [3.63, 3.8) is 0 Å². The molecule has 19 heavy (non-hydrogen) atoms. The first kappa shape index (κ1) is 12.6. The number of alkyl halides is 1. The molecule has 2 heterocycles. The fourth-order valence-corrected chi connectivity index (χ4v) is 3.45. The van der Waals surface area contributed by atoms with Crippen molar-refractivity contribution in [1.29, 1.82) is 0 Å². The lowest BCUT2D eigenvalue weighted by Gasteiger charge is -2.06. The summed E-state index contributed by atoms with van der Waals surface area (Å²) in [4.78, 5) is 5.06. The first-order valence-electron chi connectivity index (χ1n) is 5.94. The van der Waals surface area contributed by atoms with Gasteiger partial charge in [-0.3, -0.25) is 4.98 Å². The predicted molar refractivity (Wildman–Crippen MR) is 78.3 cm³/mol. The molecule has 0 spiro atoms. The molecule has 96 valence electrons. The Labute approximate surface area is 119 Å². The number of halogens is 2. The first-order valence-corrected chi connectivity index (χ1v) is 7.19. The van der Waals surface area contributed by atoms with Gasteiger partial charge in [0.2, 0.25) is 0 Å². The van der Waals surface area contributed by atoms with Gasteiger partial charge in [0.15, 0.2) is 0 Å². The fraction of sp³-hybridized carbons (Fsp3) is 0.133. The van der Waals surface area contributed by atoms with Crippen LogP contribution in [0.25, 0.3) is 10.1 Å². The number of pyridine rings is 1. The lowest BCUT2D eigenvalue weighted by atomic mass is 10.1. The molecule has 0 N–H and O–H groups in total. The molecule has 1 aromatic carbocycles. The molecule has 1 unspecified atom stereocenters. The second-order valence-corrected chi connectivity index (χ2v) is 6.00. The van der Waals surface area contributed by atoms with Crippen molar-refractivity contribution in [2.45, 2.75) is 11.8 Å². The Bertz CT molecular complexity index is 696. The third-order valence-electron chi connectivity index (χ3n) is 2.97. The first-order chi connectivity index (χ1) is 9.22. The van der Waals surface area contributed by atoms with Crippen molar-refractivity contribution in [2.75, 3.05) is 0 Å². The summed E-state index contributed by atoms with van der Waals surface area (Å²) < 4.78 is 14.1. The topological polar surface area (TPSA) is 12.9 Å². The van der Waals surface area contributed by atoms with E-state index in [2.05, 4.69) is 4.98 Å². The maximum Gasteiger partial charge on any atom is 0.124 e. The van der Waals surface area contributed by atoms with Crippen LogP contribution in [-0.4, -0.2) is 4.98 Å². The fourth-order valence-electron chi connectivity index (χ4n) is 2.01. The van der Waals surface area contributed by atoms with Crippen molar-refractivity contribution in [3.8, 4) is 0 Å². The zero-order chi connectivity index (χ0) is 13.2. The molecular weight excluding hydrogens is 281 g/mol. The number of thiophene rings is 1. The number of nitrogens with zero attached hydrogens (tertiary/aromatic N) is 1. The average molecular weight is 292 g/mol. The minimum atomic E-state index is -0.207.